The van der Waals surface area contributed by atoms with Gasteiger partial charge in [0.05, 0.1) is 38.8 Å². The Balaban J connectivity index is 1.95. The van der Waals surface area contributed by atoms with Gasteiger partial charge in [-0.25, -0.2) is 4.98 Å². The lowest BCUT2D eigenvalue weighted by Gasteiger charge is -2.11. The van der Waals surface area contributed by atoms with Gasteiger partial charge in [-0.3, -0.25) is 4.79 Å². The molecule has 1 rings (SSSR count). The Bertz CT molecular complexity index is 459. The molecule has 1 aromatic rings. The topological polar surface area (TPSA) is 151 Å². The van der Waals surface area contributed by atoms with Gasteiger partial charge in [-0.2, -0.15) is 0 Å². The largest absolute Gasteiger partial charge is 0.379 e. The summed E-state index contributed by atoms with van der Waals surface area (Å²) >= 11 is 0. The average molecular weight is 311 g/mol. The van der Waals surface area contributed by atoms with Gasteiger partial charge >= 0.3 is 0 Å². The lowest BCUT2D eigenvalue weighted by molar-refractivity contribution is -0.122. The first-order chi connectivity index (χ1) is 10.7. The number of nitrogens with two attached hydrogens (primary N) is 1. The molecule has 1 atom stereocenters. The Labute approximate surface area is 128 Å². The van der Waals surface area contributed by atoms with Gasteiger partial charge in [0.2, 0.25) is 5.91 Å². The molecule has 22 heavy (non-hydrogen) atoms. The number of H-pyrrole nitrogens is 1. The predicted molar refractivity (Wildman–Crippen MR) is 78.9 cm³/mol. The van der Waals surface area contributed by atoms with Gasteiger partial charge in [0.15, 0.2) is 0 Å². The van der Waals surface area contributed by atoms with Crippen LogP contribution in [-0.4, -0.2) is 61.4 Å². The standard InChI is InChI=1S/C12H21N7O3/c13-11(7-10-8-15-9-17-10)12(20)16-1-3-21-5-6-22-4-2-18-19-14/h8-9,11H,1-7,13H2,(H,15,17)(H,16,20)/t11-/m0/s1. The van der Waals surface area contributed by atoms with Crippen molar-refractivity contribution in [2.45, 2.75) is 12.5 Å². The summed E-state index contributed by atoms with van der Waals surface area (Å²) in [4.78, 5) is 21.1. The van der Waals surface area contributed by atoms with Gasteiger partial charge in [0, 0.05) is 36.3 Å². The van der Waals surface area contributed by atoms with Gasteiger partial charge < -0.3 is 25.5 Å². The van der Waals surface area contributed by atoms with Crippen molar-refractivity contribution < 1.29 is 14.3 Å². The quantitative estimate of drug-likeness (QED) is 0.210. The average Bonchev–Trinajstić information content (AvgIpc) is 3.01. The molecule has 0 saturated carbocycles. The Morgan fingerprint density at radius 3 is 2.91 bits per heavy atom. The molecule has 0 saturated heterocycles. The third kappa shape index (κ3) is 8.22. The van der Waals surface area contributed by atoms with Crippen molar-refractivity contribution >= 4 is 5.91 Å². The number of rotatable bonds is 12. The zero-order valence-corrected chi connectivity index (χ0v) is 12.3. The number of imidazole rings is 1. The second kappa shape index (κ2) is 11.5. The summed E-state index contributed by atoms with van der Waals surface area (Å²) in [6.45, 7) is 2.25. The maximum atomic E-state index is 11.7. The molecule has 0 aliphatic heterocycles. The minimum absolute atomic E-state index is 0.233. The second-order valence-electron chi connectivity index (χ2n) is 4.36. The van der Waals surface area contributed by atoms with E-state index in [2.05, 4.69) is 25.3 Å². The molecule has 0 aliphatic rings. The van der Waals surface area contributed by atoms with Crippen LogP contribution < -0.4 is 11.1 Å². The number of aromatic amines is 1. The van der Waals surface area contributed by atoms with Crippen LogP contribution in [0.1, 0.15) is 5.69 Å². The molecule has 0 bridgehead atoms. The van der Waals surface area contributed by atoms with E-state index in [4.69, 9.17) is 20.7 Å². The number of hydrogen-bond donors (Lipinski definition) is 3. The Morgan fingerprint density at radius 2 is 2.23 bits per heavy atom. The van der Waals surface area contributed by atoms with Crippen molar-refractivity contribution in [2.24, 2.45) is 10.8 Å². The fourth-order valence-electron chi connectivity index (χ4n) is 1.58. The minimum Gasteiger partial charge on any atom is -0.379 e. The summed E-state index contributed by atoms with van der Waals surface area (Å²) in [7, 11) is 0. The molecule has 0 radical (unpaired) electrons. The number of aromatic nitrogens is 2. The number of azide groups is 1. The van der Waals surface area contributed by atoms with Crippen LogP contribution in [-0.2, 0) is 20.7 Å². The number of amides is 1. The zero-order chi connectivity index (χ0) is 16.0. The summed E-state index contributed by atoms with van der Waals surface area (Å²) in [5.41, 5.74) is 14.6. The monoisotopic (exact) mass is 311 g/mol. The van der Waals surface area contributed by atoms with Crippen LogP contribution in [0.4, 0.5) is 0 Å². The van der Waals surface area contributed by atoms with Crippen LogP contribution in [0, 0.1) is 0 Å². The summed E-state index contributed by atoms with van der Waals surface area (Å²) in [6, 6.07) is -0.621. The molecule has 1 amide bonds. The van der Waals surface area contributed by atoms with Crippen LogP contribution >= 0.6 is 0 Å². The van der Waals surface area contributed by atoms with Crippen molar-refractivity contribution in [3.8, 4) is 0 Å². The first-order valence-electron chi connectivity index (χ1n) is 6.91. The Morgan fingerprint density at radius 1 is 1.45 bits per heavy atom. The smallest absolute Gasteiger partial charge is 0.237 e. The number of nitrogens with zero attached hydrogens (tertiary/aromatic N) is 4. The number of carbonyl (C=O) groups excluding carboxylic acids is 1. The van der Waals surface area contributed by atoms with Crippen molar-refractivity contribution in [3.05, 3.63) is 28.7 Å². The molecule has 10 nitrogen and oxygen atoms in total. The predicted octanol–water partition coefficient (Wildman–Crippen LogP) is -0.261. The molecule has 0 unspecified atom stereocenters. The summed E-state index contributed by atoms with van der Waals surface area (Å²) in [5.74, 6) is -0.233. The van der Waals surface area contributed by atoms with Crippen LogP contribution in [0.3, 0.4) is 0 Å². The molecule has 0 spiro atoms. The first kappa shape index (κ1) is 17.9. The summed E-state index contributed by atoms with van der Waals surface area (Å²) < 4.78 is 10.4. The highest BCUT2D eigenvalue weighted by molar-refractivity contribution is 5.81. The van der Waals surface area contributed by atoms with Crippen molar-refractivity contribution in [1.29, 1.82) is 0 Å². The molecule has 1 heterocycles. The van der Waals surface area contributed by atoms with Crippen molar-refractivity contribution in [3.63, 3.8) is 0 Å². The number of hydrogen-bond acceptors (Lipinski definition) is 6. The number of carbonyl (C=O) groups is 1. The molecular weight excluding hydrogens is 290 g/mol. The second-order valence-corrected chi connectivity index (χ2v) is 4.36. The molecular formula is C12H21N7O3. The van der Waals surface area contributed by atoms with E-state index in [1.165, 1.54) is 0 Å². The number of ether oxygens (including phenoxy) is 2. The molecule has 0 aromatic carbocycles. The van der Waals surface area contributed by atoms with E-state index in [1.54, 1.807) is 12.5 Å². The van der Waals surface area contributed by atoms with Crippen molar-refractivity contribution in [2.75, 3.05) is 39.5 Å². The molecule has 4 N–H and O–H groups in total. The fourth-order valence-corrected chi connectivity index (χ4v) is 1.58. The van der Waals surface area contributed by atoms with Gasteiger partial charge in [-0.1, -0.05) is 5.11 Å². The molecule has 10 heteroatoms. The highest BCUT2D eigenvalue weighted by atomic mass is 16.5. The van der Waals surface area contributed by atoms with E-state index in [1.807, 2.05) is 0 Å². The van der Waals surface area contributed by atoms with E-state index in [9.17, 15) is 4.79 Å². The summed E-state index contributed by atoms with van der Waals surface area (Å²) in [5, 5.41) is 6.03. The maximum Gasteiger partial charge on any atom is 0.237 e. The van der Waals surface area contributed by atoms with Crippen LogP contribution in [0.5, 0.6) is 0 Å². The molecule has 0 fully saturated rings. The maximum absolute atomic E-state index is 11.7. The Hall–Kier alpha value is -2.13. The van der Waals surface area contributed by atoms with Crippen LogP contribution in [0.2, 0.25) is 0 Å². The SMILES string of the molecule is [N-]=[N+]=NCCOCCOCCNC(=O)[C@@H](N)Cc1cnc[nH]1. The minimum atomic E-state index is -0.621. The van der Waals surface area contributed by atoms with E-state index in [0.29, 0.717) is 45.9 Å². The van der Waals surface area contributed by atoms with E-state index in [-0.39, 0.29) is 5.91 Å². The van der Waals surface area contributed by atoms with Gasteiger partial charge in [-0.15, -0.1) is 0 Å². The molecule has 1 aromatic heterocycles. The Kier molecular flexibility index (Phi) is 9.38. The normalized spacial score (nSPS) is 11.7. The zero-order valence-electron chi connectivity index (χ0n) is 12.3. The number of nitrogens with one attached hydrogen (secondary N) is 2. The highest BCUT2D eigenvalue weighted by Crippen LogP contribution is 1.96. The third-order valence-corrected chi connectivity index (χ3v) is 2.65. The van der Waals surface area contributed by atoms with E-state index >= 15 is 0 Å². The molecule has 122 valence electrons. The van der Waals surface area contributed by atoms with E-state index in [0.717, 1.165) is 5.69 Å². The van der Waals surface area contributed by atoms with Crippen molar-refractivity contribution in [1.82, 2.24) is 15.3 Å². The lowest BCUT2D eigenvalue weighted by Crippen LogP contribution is -2.43. The lowest BCUT2D eigenvalue weighted by atomic mass is 10.1. The highest BCUT2D eigenvalue weighted by Gasteiger charge is 2.13. The van der Waals surface area contributed by atoms with Gasteiger partial charge in [0.1, 0.15) is 0 Å². The van der Waals surface area contributed by atoms with Crippen LogP contribution in [0.25, 0.3) is 10.4 Å². The third-order valence-electron chi connectivity index (χ3n) is 2.65. The van der Waals surface area contributed by atoms with Gasteiger partial charge in [0.25, 0.3) is 0 Å². The van der Waals surface area contributed by atoms with Gasteiger partial charge in [-0.05, 0) is 5.53 Å². The first-order valence-corrected chi connectivity index (χ1v) is 6.91. The summed E-state index contributed by atoms with van der Waals surface area (Å²) in [6.07, 6.45) is 3.59. The fraction of sp³-hybridized carbons (Fsp3) is 0.667. The van der Waals surface area contributed by atoms with Crippen LogP contribution in [0.15, 0.2) is 17.6 Å². The molecule has 0 aliphatic carbocycles. The van der Waals surface area contributed by atoms with E-state index < -0.39 is 6.04 Å².